The van der Waals surface area contributed by atoms with Crippen LogP contribution in [0.2, 0.25) is 0 Å². The molecule has 2 aromatic carbocycles. The van der Waals surface area contributed by atoms with Crippen molar-refractivity contribution in [2.75, 3.05) is 66.8 Å². The molecule has 4 rings (SSSR count). The van der Waals surface area contributed by atoms with Crippen LogP contribution in [0.25, 0.3) is 5.69 Å². The van der Waals surface area contributed by atoms with Crippen LogP contribution in [-0.2, 0) is 16.0 Å². The molecule has 200 valence electrons. The van der Waals surface area contributed by atoms with Gasteiger partial charge in [0.2, 0.25) is 5.88 Å². The van der Waals surface area contributed by atoms with Crippen LogP contribution in [0.3, 0.4) is 0 Å². The molecule has 9 nitrogen and oxygen atoms in total. The molecule has 0 radical (unpaired) electrons. The van der Waals surface area contributed by atoms with Gasteiger partial charge in [-0.1, -0.05) is 30.3 Å². The second-order valence-electron chi connectivity index (χ2n) is 9.16. The number of β-amino-alcohol motifs (C(OH)–C–C–N with tert-alkyl or cyclic N) is 1. The first kappa shape index (κ1) is 27.1. The van der Waals surface area contributed by atoms with Gasteiger partial charge in [0, 0.05) is 46.4 Å². The van der Waals surface area contributed by atoms with E-state index in [0.717, 1.165) is 30.0 Å². The normalized spacial score (nSPS) is 15.2. The molecule has 1 atom stereocenters. The van der Waals surface area contributed by atoms with E-state index in [4.69, 9.17) is 24.0 Å². The predicted octanol–water partition coefficient (Wildman–Crippen LogP) is 3.12. The Balaban J connectivity index is 1.62. The molecule has 3 aromatic rings. The maximum Gasteiger partial charge on any atom is 0.227 e. The highest BCUT2D eigenvalue weighted by atomic mass is 16.5. The summed E-state index contributed by atoms with van der Waals surface area (Å²) in [6, 6.07) is 17.5. The van der Waals surface area contributed by atoms with Crippen molar-refractivity contribution in [3.63, 3.8) is 0 Å². The number of aromatic nitrogens is 2. The van der Waals surface area contributed by atoms with Crippen molar-refractivity contribution in [1.82, 2.24) is 19.6 Å². The first-order valence-electron chi connectivity index (χ1n) is 12.7. The predicted molar refractivity (Wildman–Crippen MR) is 142 cm³/mol. The number of methoxy groups -OCH3 is 2. The maximum atomic E-state index is 10.9. The zero-order valence-electron chi connectivity index (χ0n) is 22.0. The molecule has 37 heavy (non-hydrogen) atoms. The molecule has 1 aliphatic rings. The van der Waals surface area contributed by atoms with Crippen molar-refractivity contribution < 1.29 is 24.1 Å². The number of benzene rings is 2. The zero-order valence-corrected chi connectivity index (χ0v) is 22.0. The Morgan fingerprint density at radius 1 is 1.03 bits per heavy atom. The third-order valence-electron chi connectivity index (χ3n) is 6.45. The van der Waals surface area contributed by atoms with Gasteiger partial charge in [-0.2, -0.15) is 5.10 Å². The molecule has 1 aliphatic heterocycles. The molecule has 1 aromatic heterocycles. The molecule has 0 amide bonds. The molecule has 0 spiro atoms. The van der Waals surface area contributed by atoms with Gasteiger partial charge in [0.25, 0.3) is 0 Å². The standard InChI is InChI=1S/C28H38N4O5/c1-22-25(21-31(13-16-34-2)20-24(33)19-30-14-17-36-18-15-30)28(32(29-22)23-9-5-4-6-10-23)37-27-12-8-7-11-26(27)35-3/h4-12,24,33H,13-21H2,1-3H3. The van der Waals surface area contributed by atoms with Crippen molar-refractivity contribution in [2.45, 2.75) is 19.6 Å². The van der Waals surface area contributed by atoms with Crippen LogP contribution in [0.15, 0.2) is 54.6 Å². The van der Waals surface area contributed by atoms with E-state index in [1.54, 1.807) is 14.2 Å². The average molecular weight is 511 g/mol. The molecule has 0 saturated carbocycles. The second kappa shape index (κ2) is 13.6. The summed E-state index contributed by atoms with van der Waals surface area (Å²) in [6.07, 6.45) is -0.502. The summed E-state index contributed by atoms with van der Waals surface area (Å²) in [5.74, 6) is 1.88. The van der Waals surface area contributed by atoms with E-state index in [0.29, 0.717) is 63.4 Å². The van der Waals surface area contributed by atoms with E-state index >= 15 is 0 Å². The minimum absolute atomic E-state index is 0.502. The smallest absolute Gasteiger partial charge is 0.227 e. The van der Waals surface area contributed by atoms with Crippen LogP contribution in [0.1, 0.15) is 11.3 Å². The van der Waals surface area contributed by atoms with Crippen molar-refractivity contribution in [1.29, 1.82) is 0 Å². The van der Waals surface area contributed by atoms with Crippen molar-refractivity contribution in [2.24, 2.45) is 0 Å². The summed E-state index contributed by atoms with van der Waals surface area (Å²) in [5.41, 5.74) is 2.71. The number of hydrogen-bond acceptors (Lipinski definition) is 8. The summed E-state index contributed by atoms with van der Waals surface area (Å²) in [6.45, 7) is 7.98. The Morgan fingerprint density at radius 3 is 2.43 bits per heavy atom. The number of para-hydroxylation sites is 3. The third-order valence-corrected chi connectivity index (χ3v) is 6.45. The molecule has 1 saturated heterocycles. The molecule has 9 heteroatoms. The maximum absolute atomic E-state index is 10.9. The Hall–Kier alpha value is -2.95. The molecule has 2 heterocycles. The minimum Gasteiger partial charge on any atom is -0.493 e. The minimum atomic E-state index is -0.502. The zero-order chi connectivity index (χ0) is 26.0. The number of morpholine rings is 1. The number of aryl methyl sites for hydroxylation is 1. The van der Waals surface area contributed by atoms with Gasteiger partial charge in [-0.15, -0.1) is 0 Å². The summed E-state index contributed by atoms with van der Waals surface area (Å²) in [7, 11) is 3.32. The highest BCUT2D eigenvalue weighted by Crippen LogP contribution is 2.36. The first-order valence-corrected chi connectivity index (χ1v) is 12.7. The van der Waals surface area contributed by atoms with Crippen LogP contribution in [0.4, 0.5) is 0 Å². The molecule has 0 bridgehead atoms. The third kappa shape index (κ3) is 7.30. The quantitative estimate of drug-likeness (QED) is 0.376. The van der Waals surface area contributed by atoms with Gasteiger partial charge >= 0.3 is 0 Å². The fraction of sp³-hybridized carbons (Fsp3) is 0.464. The highest BCUT2D eigenvalue weighted by molar-refractivity contribution is 5.47. The van der Waals surface area contributed by atoms with Gasteiger partial charge in [0.15, 0.2) is 11.5 Å². The van der Waals surface area contributed by atoms with Crippen LogP contribution in [-0.4, -0.2) is 97.6 Å². The number of ether oxygens (including phenoxy) is 4. The van der Waals surface area contributed by atoms with Crippen molar-refractivity contribution in [3.8, 4) is 23.1 Å². The molecule has 0 aliphatic carbocycles. The number of hydrogen-bond donors (Lipinski definition) is 1. The van der Waals surface area contributed by atoms with Gasteiger partial charge < -0.3 is 24.1 Å². The SMILES string of the molecule is COCCN(Cc1c(C)nn(-c2ccccc2)c1Oc1ccccc1OC)CC(O)CN1CCOCC1. The van der Waals surface area contributed by atoms with Gasteiger partial charge in [-0.3, -0.25) is 9.80 Å². The Kier molecular flexibility index (Phi) is 9.92. The fourth-order valence-electron chi connectivity index (χ4n) is 4.49. The van der Waals surface area contributed by atoms with Gasteiger partial charge in [-0.05, 0) is 31.2 Å². The first-order chi connectivity index (χ1) is 18.1. The number of aliphatic hydroxyl groups is 1. The fourth-order valence-corrected chi connectivity index (χ4v) is 4.49. The highest BCUT2D eigenvalue weighted by Gasteiger charge is 2.24. The van der Waals surface area contributed by atoms with Crippen LogP contribution < -0.4 is 9.47 Å². The van der Waals surface area contributed by atoms with Gasteiger partial charge in [0.1, 0.15) is 0 Å². The van der Waals surface area contributed by atoms with Crippen LogP contribution >= 0.6 is 0 Å². The van der Waals surface area contributed by atoms with Crippen LogP contribution in [0.5, 0.6) is 17.4 Å². The van der Waals surface area contributed by atoms with E-state index < -0.39 is 6.10 Å². The summed E-state index contributed by atoms with van der Waals surface area (Å²) in [5, 5.41) is 15.8. The number of aliphatic hydroxyl groups excluding tert-OH is 1. The summed E-state index contributed by atoms with van der Waals surface area (Å²) < 4.78 is 24.7. The molecule has 1 N–H and O–H groups in total. The molecular formula is C28H38N4O5. The van der Waals surface area contributed by atoms with Gasteiger partial charge in [0.05, 0.1) is 50.0 Å². The second-order valence-corrected chi connectivity index (χ2v) is 9.16. The van der Waals surface area contributed by atoms with Crippen molar-refractivity contribution in [3.05, 3.63) is 65.9 Å². The Bertz CT molecular complexity index is 1100. The van der Waals surface area contributed by atoms with E-state index in [1.807, 2.05) is 66.2 Å². The lowest BCUT2D eigenvalue weighted by Crippen LogP contribution is -2.45. The van der Waals surface area contributed by atoms with E-state index in [2.05, 4.69) is 9.80 Å². The van der Waals surface area contributed by atoms with E-state index in [-0.39, 0.29) is 0 Å². The molecule has 1 fully saturated rings. The largest absolute Gasteiger partial charge is 0.493 e. The van der Waals surface area contributed by atoms with Crippen LogP contribution in [0, 0.1) is 6.92 Å². The lowest BCUT2D eigenvalue weighted by Gasteiger charge is -2.31. The Morgan fingerprint density at radius 2 is 1.73 bits per heavy atom. The van der Waals surface area contributed by atoms with E-state index in [9.17, 15) is 5.11 Å². The summed E-state index contributed by atoms with van der Waals surface area (Å²) >= 11 is 0. The lowest BCUT2D eigenvalue weighted by atomic mass is 10.2. The topological polar surface area (TPSA) is 81.5 Å². The number of nitrogens with zero attached hydrogens (tertiary/aromatic N) is 4. The van der Waals surface area contributed by atoms with Crippen molar-refractivity contribution >= 4 is 0 Å². The monoisotopic (exact) mass is 510 g/mol. The summed E-state index contributed by atoms with van der Waals surface area (Å²) in [4.78, 5) is 4.45. The molecular weight excluding hydrogens is 472 g/mol. The Labute approximate surface area is 219 Å². The average Bonchev–Trinajstić information content (AvgIpc) is 3.23. The molecule has 1 unspecified atom stereocenters. The van der Waals surface area contributed by atoms with Gasteiger partial charge in [-0.25, -0.2) is 4.68 Å². The van der Waals surface area contributed by atoms with E-state index in [1.165, 1.54) is 0 Å². The number of rotatable bonds is 13. The lowest BCUT2D eigenvalue weighted by molar-refractivity contribution is 0.00431.